The van der Waals surface area contributed by atoms with E-state index in [0.717, 1.165) is 51.3 Å². The van der Waals surface area contributed by atoms with E-state index < -0.39 is 0 Å². The molecule has 2 aliphatic rings. The van der Waals surface area contributed by atoms with Gasteiger partial charge >= 0.3 is 0 Å². The van der Waals surface area contributed by atoms with E-state index in [0.29, 0.717) is 19.0 Å². The Bertz CT molecular complexity index is 829. The summed E-state index contributed by atoms with van der Waals surface area (Å²) < 4.78 is 7.97. The van der Waals surface area contributed by atoms with Crippen LogP contribution in [0.3, 0.4) is 0 Å². The topological polar surface area (TPSA) is 85.2 Å². The smallest absolute Gasteiger partial charge is 0.289 e. The van der Waals surface area contributed by atoms with E-state index in [9.17, 15) is 4.79 Å². The number of amides is 1. The number of likely N-dealkylation sites (tertiary alicyclic amines) is 1. The lowest BCUT2D eigenvalue weighted by Gasteiger charge is -2.41. The maximum atomic E-state index is 12.7. The van der Waals surface area contributed by atoms with Crippen molar-refractivity contribution in [2.75, 3.05) is 19.7 Å². The summed E-state index contributed by atoms with van der Waals surface area (Å²) in [6, 6.07) is 4.26. The Labute approximate surface area is 171 Å². The summed E-state index contributed by atoms with van der Waals surface area (Å²) in [7, 11) is 0. The minimum absolute atomic E-state index is 0.0216. The summed E-state index contributed by atoms with van der Waals surface area (Å²) in [4.78, 5) is 19.3. The fourth-order valence-corrected chi connectivity index (χ4v) is 4.14. The van der Waals surface area contributed by atoms with Crippen LogP contribution in [0.1, 0.15) is 55.1 Å². The molecule has 0 aromatic carbocycles. The van der Waals surface area contributed by atoms with E-state index in [2.05, 4.69) is 44.5 Å². The van der Waals surface area contributed by atoms with Gasteiger partial charge in [0.15, 0.2) is 5.82 Å². The van der Waals surface area contributed by atoms with Crippen molar-refractivity contribution in [3.63, 3.8) is 0 Å². The first-order valence-corrected chi connectivity index (χ1v) is 10.5. The number of carbonyl (C=O) groups is 1. The number of hydrogen-bond acceptors (Lipinski definition) is 6. The van der Waals surface area contributed by atoms with Crippen LogP contribution in [0.2, 0.25) is 0 Å². The van der Waals surface area contributed by atoms with Crippen molar-refractivity contribution in [1.82, 2.24) is 30.0 Å². The van der Waals surface area contributed by atoms with Crippen LogP contribution in [0.4, 0.5) is 0 Å². The number of nitrogens with zero attached hydrogens (tertiary/aromatic N) is 5. The summed E-state index contributed by atoms with van der Waals surface area (Å²) in [5.41, 5.74) is 1.31. The second kappa shape index (κ2) is 8.59. The summed E-state index contributed by atoms with van der Waals surface area (Å²) in [6.45, 7) is 8.87. The van der Waals surface area contributed by atoms with Gasteiger partial charge in [-0.25, -0.2) is 0 Å². The molecule has 4 heterocycles. The van der Waals surface area contributed by atoms with Crippen LogP contribution >= 0.6 is 0 Å². The summed E-state index contributed by atoms with van der Waals surface area (Å²) in [6.07, 6.45) is 6.64. The molecule has 0 aliphatic carbocycles. The zero-order valence-electron chi connectivity index (χ0n) is 17.3. The molecule has 2 aromatic rings. The van der Waals surface area contributed by atoms with E-state index in [1.807, 2.05) is 23.9 Å². The molecule has 2 aliphatic heterocycles. The summed E-state index contributed by atoms with van der Waals surface area (Å²) >= 11 is 0. The average Bonchev–Trinajstić information content (AvgIpc) is 3.04. The zero-order valence-corrected chi connectivity index (χ0v) is 17.3. The van der Waals surface area contributed by atoms with Crippen molar-refractivity contribution in [3.05, 3.63) is 41.7 Å². The molecule has 2 aromatic heterocycles. The summed E-state index contributed by atoms with van der Waals surface area (Å²) in [5, 5.41) is 11.4. The lowest BCUT2D eigenvalue weighted by molar-refractivity contribution is -0.00570. The van der Waals surface area contributed by atoms with Crippen LogP contribution in [-0.2, 0) is 24.4 Å². The van der Waals surface area contributed by atoms with Gasteiger partial charge in [0.1, 0.15) is 6.61 Å². The molecule has 0 unspecified atom stereocenters. The second-order valence-electron chi connectivity index (χ2n) is 8.43. The Kier molecular flexibility index (Phi) is 5.91. The quantitative estimate of drug-likeness (QED) is 0.829. The molecule has 1 spiro atoms. The fourth-order valence-electron chi connectivity index (χ4n) is 4.14. The molecule has 0 bridgehead atoms. The number of aromatic nitrogens is 4. The molecule has 8 heteroatoms. The Morgan fingerprint density at radius 2 is 2.03 bits per heavy atom. The van der Waals surface area contributed by atoms with Gasteiger partial charge in [-0.15, -0.1) is 10.2 Å². The Balaban J connectivity index is 1.45. The monoisotopic (exact) mass is 398 g/mol. The van der Waals surface area contributed by atoms with Gasteiger partial charge in [-0.2, -0.15) is 0 Å². The third-order valence-corrected chi connectivity index (χ3v) is 6.23. The number of nitrogens with one attached hydrogen (secondary N) is 1. The number of fused-ring (bicyclic) bond motifs is 1. The number of piperidine rings is 1. The standard InChI is InChI=1S/C21H30N6O2/c1-3-16(2)23-20(28)19-25-24-18-13-29-15-21(14-27(18)19)6-10-26(11-7-21)12-17-4-8-22-9-5-17/h4-5,8-9,16H,3,6-7,10-15H2,1-2H3,(H,23,28)/t16-/m1/s1. The van der Waals surface area contributed by atoms with Gasteiger partial charge in [0.05, 0.1) is 6.61 Å². The highest BCUT2D eigenvalue weighted by Gasteiger charge is 2.39. The van der Waals surface area contributed by atoms with E-state index in [-0.39, 0.29) is 17.4 Å². The lowest BCUT2D eigenvalue weighted by Crippen LogP contribution is -2.44. The SMILES string of the molecule is CC[C@@H](C)NC(=O)c1nnc2n1CC1(CCN(Cc3ccncc3)CC1)COC2. The second-order valence-corrected chi connectivity index (χ2v) is 8.43. The van der Waals surface area contributed by atoms with Gasteiger partial charge in [-0.05, 0) is 57.0 Å². The largest absolute Gasteiger partial charge is 0.373 e. The molecular formula is C21H30N6O2. The number of rotatable bonds is 5. The molecule has 1 N–H and O–H groups in total. The van der Waals surface area contributed by atoms with Gasteiger partial charge in [-0.3, -0.25) is 14.7 Å². The predicted molar refractivity (Wildman–Crippen MR) is 108 cm³/mol. The van der Waals surface area contributed by atoms with Crippen molar-refractivity contribution >= 4 is 5.91 Å². The number of pyridine rings is 1. The normalized spacial score (nSPS) is 20.1. The molecule has 29 heavy (non-hydrogen) atoms. The van der Waals surface area contributed by atoms with Crippen LogP contribution < -0.4 is 5.32 Å². The van der Waals surface area contributed by atoms with E-state index in [4.69, 9.17) is 4.74 Å². The van der Waals surface area contributed by atoms with Crippen molar-refractivity contribution in [2.24, 2.45) is 5.41 Å². The number of carbonyl (C=O) groups excluding carboxylic acids is 1. The average molecular weight is 399 g/mol. The highest BCUT2D eigenvalue weighted by molar-refractivity contribution is 5.90. The van der Waals surface area contributed by atoms with Crippen molar-refractivity contribution < 1.29 is 9.53 Å². The van der Waals surface area contributed by atoms with E-state index in [1.165, 1.54) is 5.56 Å². The van der Waals surface area contributed by atoms with Crippen LogP contribution in [-0.4, -0.2) is 56.3 Å². The van der Waals surface area contributed by atoms with Crippen molar-refractivity contribution in [1.29, 1.82) is 0 Å². The maximum Gasteiger partial charge on any atom is 0.289 e. The zero-order chi connectivity index (χ0) is 20.3. The third-order valence-electron chi connectivity index (χ3n) is 6.23. The molecule has 0 saturated carbocycles. The predicted octanol–water partition coefficient (Wildman–Crippen LogP) is 2.01. The molecule has 8 nitrogen and oxygen atoms in total. The first kappa shape index (κ1) is 20.0. The van der Waals surface area contributed by atoms with Gasteiger partial charge in [0.25, 0.3) is 5.91 Å². The molecular weight excluding hydrogens is 368 g/mol. The van der Waals surface area contributed by atoms with E-state index in [1.54, 1.807) is 0 Å². The molecule has 1 atom stereocenters. The van der Waals surface area contributed by atoms with E-state index >= 15 is 0 Å². The first-order chi connectivity index (χ1) is 14.1. The first-order valence-electron chi connectivity index (χ1n) is 10.5. The summed E-state index contributed by atoms with van der Waals surface area (Å²) in [5.74, 6) is 1.00. The minimum atomic E-state index is -0.148. The van der Waals surface area contributed by atoms with Gasteiger partial charge in [0.2, 0.25) is 5.82 Å². The fraction of sp³-hybridized carbons (Fsp3) is 0.619. The molecule has 0 radical (unpaired) electrons. The highest BCUT2D eigenvalue weighted by Crippen LogP contribution is 2.36. The Hall–Kier alpha value is -2.32. The molecule has 156 valence electrons. The van der Waals surface area contributed by atoms with Crippen LogP contribution in [0.25, 0.3) is 0 Å². The molecule has 1 saturated heterocycles. The van der Waals surface area contributed by atoms with Crippen LogP contribution in [0.5, 0.6) is 0 Å². The van der Waals surface area contributed by atoms with Crippen molar-refractivity contribution in [2.45, 2.75) is 58.8 Å². The van der Waals surface area contributed by atoms with Crippen LogP contribution in [0, 0.1) is 5.41 Å². The van der Waals surface area contributed by atoms with Crippen LogP contribution in [0.15, 0.2) is 24.5 Å². The maximum absolute atomic E-state index is 12.7. The van der Waals surface area contributed by atoms with Gasteiger partial charge in [-0.1, -0.05) is 6.92 Å². The minimum Gasteiger partial charge on any atom is -0.373 e. The number of hydrogen-bond donors (Lipinski definition) is 1. The van der Waals surface area contributed by atoms with Gasteiger partial charge < -0.3 is 14.6 Å². The third kappa shape index (κ3) is 4.48. The molecule has 4 rings (SSSR count). The van der Waals surface area contributed by atoms with Gasteiger partial charge in [0, 0.05) is 36.9 Å². The lowest BCUT2D eigenvalue weighted by atomic mass is 9.78. The molecule has 1 amide bonds. The Morgan fingerprint density at radius 1 is 1.28 bits per heavy atom. The Morgan fingerprint density at radius 3 is 2.76 bits per heavy atom. The number of ether oxygens (including phenoxy) is 1. The highest BCUT2D eigenvalue weighted by atomic mass is 16.5. The molecule has 1 fully saturated rings. The van der Waals surface area contributed by atoms with Crippen molar-refractivity contribution in [3.8, 4) is 0 Å².